The van der Waals surface area contributed by atoms with Crippen LogP contribution in [0.25, 0.3) is 10.9 Å². The molecular formula is C14H7N5O. The molecule has 0 amide bonds. The number of benzene rings is 1. The number of hydrogen-bond donors (Lipinski definition) is 2. The van der Waals surface area contributed by atoms with Crippen molar-refractivity contribution >= 4 is 16.6 Å². The first kappa shape index (κ1) is 12.9. The number of rotatable bonds is 2. The molecular weight excluding hydrogens is 254 g/mol. The lowest BCUT2D eigenvalue weighted by atomic mass is 10.2. The van der Waals surface area contributed by atoms with Gasteiger partial charge in [-0.05, 0) is 18.2 Å². The molecule has 0 aliphatic rings. The number of allylic oxidation sites excluding steroid dienone is 2. The summed E-state index contributed by atoms with van der Waals surface area (Å²) in [6, 6.07) is 11.7. The molecule has 0 radical (unpaired) electrons. The topological polar surface area (TPSA) is 117 Å². The minimum Gasteiger partial charge on any atom is -0.506 e. The van der Waals surface area contributed by atoms with Crippen LogP contribution < -0.4 is 5.32 Å². The molecule has 0 aliphatic carbocycles. The Labute approximate surface area is 114 Å². The summed E-state index contributed by atoms with van der Waals surface area (Å²) in [5.74, 6) is 0.0621. The Kier molecular flexibility index (Phi) is 3.47. The van der Waals surface area contributed by atoms with E-state index >= 15 is 0 Å². The van der Waals surface area contributed by atoms with Gasteiger partial charge in [0, 0.05) is 11.1 Å². The average Bonchev–Trinajstić information content (AvgIpc) is 2.47. The molecule has 0 saturated heterocycles. The van der Waals surface area contributed by atoms with Crippen LogP contribution in [0.3, 0.4) is 0 Å². The summed E-state index contributed by atoms with van der Waals surface area (Å²) in [4.78, 5) is 4.04. The Bertz CT molecular complexity index is 817. The minimum absolute atomic E-state index is 0.0621. The van der Waals surface area contributed by atoms with E-state index in [1.54, 1.807) is 42.5 Å². The Morgan fingerprint density at radius 1 is 1.10 bits per heavy atom. The Morgan fingerprint density at radius 2 is 1.85 bits per heavy atom. The van der Waals surface area contributed by atoms with Crippen molar-refractivity contribution in [2.75, 3.05) is 5.32 Å². The van der Waals surface area contributed by atoms with Gasteiger partial charge in [-0.25, -0.2) is 0 Å². The zero-order valence-electron chi connectivity index (χ0n) is 10.1. The predicted octanol–water partition coefficient (Wildman–Crippen LogP) is 2.18. The number of nitriles is 3. The van der Waals surface area contributed by atoms with Crippen LogP contribution in [0.2, 0.25) is 0 Å². The predicted molar refractivity (Wildman–Crippen MR) is 70.9 cm³/mol. The summed E-state index contributed by atoms with van der Waals surface area (Å²) in [6.45, 7) is 0. The largest absolute Gasteiger partial charge is 0.506 e. The SMILES string of the molecule is N#CC(C#N)=C(C#N)Nc1ccc2cc(O)cnc2c1. The molecule has 6 heteroatoms. The molecule has 1 aromatic carbocycles. The number of hydrogen-bond acceptors (Lipinski definition) is 6. The maximum atomic E-state index is 9.32. The van der Waals surface area contributed by atoms with Gasteiger partial charge < -0.3 is 10.4 Å². The van der Waals surface area contributed by atoms with Crippen molar-refractivity contribution < 1.29 is 5.11 Å². The standard InChI is InChI=1S/C14H7N5O/c15-5-10(6-16)14(7-17)19-11-2-1-9-3-12(20)8-18-13(9)4-11/h1-4,8,19-20H. The van der Waals surface area contributed by atoms with Crippen LogP contribution in [0.5, 0.6) is 5.75 Å². The van der Waals surface area contributed by atoms with E-state index < -0.39 is 0 Å². The molecule has 2 rings (SSSR count). The summed E-state index contributed by atoms with van der Waals surface area (Å²) >= 11 is 0. The normalized spacial score (nSPS) is 9.05. The molecule has 0 aliphatic heterocycles. The second kappa shape index (κ2) is 5.39. The third-order valence-corrected chi connectivity index (χ3v) is 2.52. The number of nitrogens with zero attached hydrogens (tertiary/aromatic N) is 4. The minimum atomic E-state index is -0.286. The van der Waals surface area contributed by atoms with Gasteiger partial charge in [-0.15, -0.1) is 0 Å². The first-order valence-corrected chi connectivity index (χ1v) is 5.48. The number of fused-ring (bicyclic) bond motifs is 1. The lowest BCUT2D eigenvalue weighted by molar-refractivity contribution is 0.474. The van der Waals surface area contributed by atoms with Crippen molar-refractivity contribution in [1.29, 1.82) is 15.8 Å². The van der Waals surface area contributed by atoms with E-state index in [0.29, 0.717) is 11.2 Å². The monoisotopic (exact) mass is 261 g/mol. The van der Waals surface area contributed by atoms with Gasteiger partial charge in [-0.2, -0.15) is 15.8 Å². The van der Waals surface area contributed by atoms with E-state index in [-0.39, 0.29) is 17.0 Å². The molecule has 0 saturated carbocycles. The Hall–Kier alpha value is -3.56. The number of aromatic hydroxyl groups is 1. The van der Waals surface area contributed by atoms with Crippen molar-refractivity contribution in [2.24, 2.45) is 0 Å². The lowest BCUT2D eigenvalue weighted by Crippen LogP contribution is -2.00. The van der Waals surface area contributed by atoms with Crippen LogP contribution >= 0.6 is 0 Å². The van der Waals surface area contributed by atoms with Gasteiger partial charge in [0.05, 0.1) is 11.7 Å². The first-order valence-electron chi connectivity index (χ1n) is 5.48. The molecule has 1 aromatic heterocycles. The van der Waals surface area contributed by atoms with Crippen LogP contribution in [-0.4, -0.2) is 10.1 Å². The summed E-state index contributed by atoms with van der Waals surface area (Å²) in [7, 11) is 0. The highest BCUT2D eigenvalue weighted by atomic mass is 16.3. The molecule has 0 atom stereocenters. The first-order chi connectivity index (χ1) is 9.67. The molecule has 0 spiro atoms. The second-order valence-corrected chi connectivity index (χ2v) is 3.81. The van der Waals surface area contributed by atoms with Crippen molar-refractivity contribution in [3.05, 3.63) is 41.7 Å². The highest BCUT2D eigenvalue weighted by molar-refractivity contribution is 5.83. The fourth-order valence-electron chi connectivity index (χ4n) is 1.62. The average molecular weight is 261 g/mol. The summed E-state index contributed by atoms with van der Waals surface area (Å²) in [6.07, 6.45) is 1.31. The van der Waals surface area contributed by atoms with E-state index in [2.05, 4.69) is 10.3 Å². The highest BCUT2D eigenvalue weighted by Gasteiger charge is 2.07. The summed E-state index contributed by atoms with van der Waals surface area (Å²) in [5, 5.41) is 39.2. The van der Waals surface area contributed by atoms with Crippen LogP contribution in [-0.2, 0) is 0 Å². The lowest BCUT2D eigenvalue weighted by Gasteiger charge is -2.06. The molecule has 2 N–H and O–H groups in total. The van der Waals surface area contributed by atoms with Gasteiger partial charge in [-0.1, -0.05) is 6.07 Å². The zero-order chi connectivity index (χ0) is 14.5. The van der Waals surface area contributed by atoms with Gasteiger partial charge in [0.2, 0.25) is 0 Å². The fraction of sp³-hybridized carbons (Fsp3) is 0. The van der Waals surface area contributed by atoms with Gasteiger partial charge in [-0.3, -0.25) is 4.98 Å². The van der Waals surface area contributed by atoms with E-state index in [4.69, 9.17) is 15.8 Å². The third kappa shape index (κ3) is 2.48. The van der Waals surface area contributed by atoms with Crippen LogP contribution in [0.4, 0.5) is 5.69 Å². The molecule has 94 valence electrons. The molecule has 6 nitrogen and oxygen atoms in total. The van der Waals surface area contributed by atoms with Crippen molar-refractivity contribution in [1.82, 2.24) is 4.98 Å². The van der Waals surface area contributed by atoms with Crippen molar-refractivity contribution in [2.45, 2.75) is 0 Å². The smallest absolute Gasteiger partial charge is 0.163 e. The van der Waals surface area contributed by atoms with E-state index in [1.807, 2.05) is 0 Å². The Morgan fingerprint density at radius 3 is 2.50 bits per heavy atom. The Balaban J connectivity index is 2.43. The van der Waals surface area contributed by atoms with Gasteiger partial charge in [0.25, 0.3) is 0 Å². The molecule has 2 aromatic rings. The molecule has 0 unspecified atom stereocenters. The summed E-state index contributed by atoms with van der Waals surface area (Å²) < 4.78 is 0. The quantitative estimate of drug-likeness (QED) is 0.800. The van der Waals surface area contributed by atoms with E-state index in [1.165, 1.54) is 6.20 Å². The third-order valence-electron chi connectivity index (χ3n) is 2.52. The molecule has 20 heavy (non-hydrogen) atoms. The van der Waals surface area contributed by atoms with Gasteiger partial charge in [0.1, 0.15) is 29.7 Å². The van der Waals surface area contributed by atoms with Crippen molar-refractivity contribution in [3.8, 4) is 24.0 Å². The van der Waals surface area contributed by atoms with Crippen LogP contribution in [0, 0.1) is 34.0 Å². The highest BCUT2D eigenvalue weighted by Crippen LogP contribution is 2.22. The van der Waals surface area contributed by atoms with Crippen LogP contribution in [0.15, 0.2) is 41.7 Å². The maximum absolute atomic E-state index is 9.32. The van der Waals surface area contributed by atoms with Gasteiger partial charge >= 0.3 is 0 Å². The van der Waals surface area contributed by atoms with E-state index in [9.17, 15) is 5.11 Å². The maximum Gasteiger partial charge on any atom is 0.163 e. The molecule has 1 heterocycles. The zero-order valence-corrected chi connectivity index (χ0v) is 10.1. The summed E-state index contributed by atoms with van der Waals surface area (Å²) in [5.41, 5.74) is 0.732. The second-order valence-electron chi connectivity index (χ2n) is 3.81. The number of nitrogens with one attached hydrogen (secondary N) is 1. The van der Waals surface area contributed by atoms with Crippen molar-refractivity contribution in [3.63, 3.8) is 0 Å². The molecule has 0 bridgehead atoms. The number of aromatic nitrogens is 1. The molecule has 0 fully saturated rings. The van der Waals surface area contributed by atoms with E-state index in [0.717, 1.165) is 5.39 Å². The number of anilines is 1. The van der Waals surface area contributed by atoms with Crippen LogP contribution in [0.1, 0.15) is 0 Å². The fourth-order valence-corrected chi connectivity index (χ4v) is 1.62. The van der Waals surface area contributed by atoms with Gasteiger partial charge in [0.15, 0.2) is 5.57 Å². The number of pyridine rings is 1.